The number of amides is 1. The molecule has 8 heteroatoms. The van der Waals surface area contributed by atoms with Crippen molar-refractivity contribution in [3.05, 3.63) is 83.6 Å². The van der Waals surface area contributed by atoms with Crippen LogP contribution in [-0.2, 0) is 4.79 Å². The minimum atomic E-state index is -0.447. The number of carbonyl (C=O) groups excluding carboxylic acids is 1. The maximum absolute atomic E-state index is 13.7. The van der Waals surface area contributed by atoms with Crippen LogP contribution in [0, 0.1) is 0 Å². The Hall–Kier alpha value is -4.46. The van der Waals surface area contributed by atoms with E-state index in [0.29, 0.717) is 28.7 Å². The number of methoxy groups -OCH3 is 3. The predicted octanol–water partition coefficient (Wildman–Crippen LogP) is 4.99. The summed E-state index contributed by atoms with van der Waals surface area (Å²) in [6.07, 6.45) is 0. The quantitative estimate of drug-likeness (QED) is 0.413. The number of imidazole rings is 1. The molecule has 1 aromatic heterocycles. The van der Waals surface area contributed by atoms with Gasteiger partial charge in [0.15, 0.2) is 11.5 Å². The number of rotatable bonds is 6. The molecule has 2 heterocycles. The highest BCUT2D eigenvalue weighted by Gasteiger charge is 2.34. The van der Waals surface area contributed by atoms with Gasteiger partial charge in [0, 0.05) is 11.4 Å². The van der Waals surface area contributed by atoms with Crippen LogP contribution >= 0.6 is 0 Å². The molecule has 0 spiro atoms. The van der Waals surface area contributed by atoms with Gasteiger partial charge in [0.05, 0.1) is 44.0 Å². The highest BCUT2D eigenvalue weighted by atomic mass is 16.5. The van der Waals surface area contributed by atoms with Gasteiger partial charge in [0.25, 0.3) is 5.91 Å². The number of benzene rings is 3. The minimum absolute atomic E-state index is 0.219. The summed E-state index contributed by atoms with van der Waals surface area (Å²) in [6, 6.07) is 20.4. The first-order valence-electron chi connectivity index (χ1n) is 11.2. The fourth-order valence-corrected chi connectivity index (χ4v) is 4.47. The van der Waals surface area contributed by atoms with E-state index in [4.69, 9.17) is 19.2 Å². The lowest BCUT2D eigenvalue weighted by Gasteiger charge is -2.31. The Morgan fingerprint density at radius 3 is 2.40 bits per heavy atom. The summed E-state index contributed by atoms with van der Waals surface area (Å²) in [4.78, 5) is 18.5. The van der Waals surface area contributed by atoms with E-state index in [1.54, 1.807) is 21.3 Å². The van der Waals surface area contributed by atoms with E-state index in [9.17, 15) is 4.79 Å². The highest BCUT2D eigenvalue weighted by Crippen LogP contribution is 2.41. The molecule has 8 nitrogen and oxygen atoms in total. The van der Waals surface area contributed by atoms with Crippen LogP contribution in [-0.4, -0.2) is 36.8 Å². The number of hydrogen-bond acceptors (Lipinski definition) is 6. The fraction of sp³-hybridized carbons (Fsp3) is 0.185. The van der Waals surface area contributed by atoms with Gasteiger partial charge in [-0.15, -0.1) is 0 Å². The monoisotopic (exact) mass is 470 g/mol. The smallest absolute Gasteiger partial charge is 0.255 e. The number of nitrogens with zero attached hydrogens (tertiary/aromatic N) is 2. The highest BCUT2D eigenvalue weighted by molar-refractivity contribution is 6.06. The van der Waals surface area contributed by atoms with Crippen molar-refractivity contribution in [2.45, 2.75) is 13.0 Å². The molecule has 35 heavy (non-hydrogen) atoms. The maximum Gasteiger partial charge on any atom is 0.255 e. The summed E-state index contributed by atoms with van der Waals surface area (Å²) in [6.45, 7) is 1.89. The molecule has 1 amide bonds. The van der Waals surface area contributed by atoms with E-state index in [1.165, 1.54) is 0 Å². The van der Waals surface area contributed by atoms with Gasteiger partial charge in [-0.3, -0.25) is 9.36 Å². The number of aromatic nitrogens is 2. The average Bonchev–Trinajstić information content (AvgIpc) is 3.25. The maximum atomic E-state index is 13.7. The molecule has 2 N–H and O–H groups in total. The SMILES string of the molecule is COc1ccc(NC(=O)C2=C(C)Nc3nc4ccccc4n3[C@H]2c2ccc(OC)c(OC)c2)cc1. The van der Waals surface area contributed by atoms with Gasteiger partial charge in [-0.05, 0) is 61.0 Å². The molecule has 178 valence electrons. The fourth-order valence-electron chi connectivity index (χ4n) is 4.47. The van der Waals surface area contributed by atoms with Crippen molar-refractivity contribution in [2.75, 3.05) is 32.0 Å². The summed E-state index contributed by atoms with van der Waals surface area (Å²) in [7, 11) is 4.80. The molecule has 0 saturated carbocycles. The standard InChI is InChI=1S/C27H26N4O4/c1-16-24(26(32)29-18-10-12-19(33-2)13-11-18)25(17-9-14-22(34-3)23(15-17)35-4)31-21-8-6-5-7-20(21)30-27(31)28-16/h5-15,25H,1-4H3,(H,28,30)(H,29,32)/t25-/m0/s1. The van der Waals surface area contributed by atoms with E-state index >= 15 is 0 Å². The lowest BCUT2D eigenvalue weighted by molar-refractivity contribution is -0.113. The van der Waals surface area contributed by atoms with Crippen molar-refractivity contribution in [2.24, 2.45) is 0 Å². The molecule has 1 aliphatic heterocycles. The van der Waals surface area contributed by atoms with Crippen molar-refractivity contribution in [1.82, 2.24) is 9.55 Å². The van der Waals surface area contributed by atoms with E-state index in [1.807, 2.05) is 78.2 Å². The first-order valence-corrected chi connectivity index (χ1v) is 11.2. The van der Waals surface area contributed by atoms with Crippen molar-refractivity contribution >= 4 is 28.6 Å². The number of carbonyl (C=O) groups is 1. The Morgan fingerprint density at radius 1 is 0.943 bits per heavy atom. The van der Waals surface area contributed by atoms with E-state index in [-0.39, 0.29) is 5.91 Å². The average molecular weight is 471 g/mol. The Kier molecular flexibility index (Phi) is 5.78. The molecule has 3 aromatic carbocycles. The third-order valence-corrected chi connectivity index (χ3v) is 6.15. The Balaban J connectivity index is 1.65. The van der Waals surface area contributed by atoms with Crippen molar-refractivity contribution in [3.63, 3.8) is 0 Å². The lowest BCUT2D eigenvalue weighted by atomic mass is 9.94. The van der Waals surface area contributed by atoms with E-state index in [2.05, 4.69) is 10.6 Å². The van der Waals surface area contributed by atoms with Gasteiger partial charge in [-0.25, -0.2) is 4.98 Å². The molecule has 1 aliphatic rings. The number of nitrogens with one attached hydrogen (secondary N) is 2. The molecule has 0 bridgehead atoms. The van der Waals surface area contributed by atoms with Crippen LogP contribution < -0.4 is 24.8 Å². The number of fused-ring (bicyclic) bond motifs is 3. The normalized spacial score (nSPS) is 14.8. The van der Waals surface area contributed by atoms with Crippen molar-refractivity contribution < 1.29 is 19.0 Å². The molecular formula is C27H26N4O4. The van der Waals surface area contributed by atoms with Crippen LogP contribution in [0.5, 0.6) is 17.2 Å². The zero-order chi connectivity index (χ0) is 24.5. The molecule has 0 unspecified atom stereocenters. The number of ether oxygens (including phenoxy) is 3. The third kappa shape index (κ3) is 3.93. The molecule has 0 radical (unpaired) electrons. The van der Waals surface area contributed by atoms with E-state index in [0.717, 1.165) is 28.0 Å². The number of para-hydroxylation sites is 2. The molecule has 0 aliphatic carbocycles. The Bertz CT molecular complexity index is 1440. The van der Waals surface area contributed by atoms with Gasteiger partial charge in [0.2, 0.25) is 5.95 Å². The van der Waals surface area contributed by atoms with Crippen LogP contribution in [0.3, 0.4) is 0 Å². The first kappa shape index (κ1) is 22.3. The first-order chi connectivity index (χ1) is 17.0. The number of hydrogen-bond donors (Lipinski definition) is 2. The topological polar surface area (TPSA) is 86.6 Å². The summed E-state index contributed by atoms with van der Waals surface area (Å²) < 4.78 is 18.3. The van der Waals surface area contributed by atoms with Crippen molar-refractivity contribution in [3.8, 4) is 17.2 Å². The van der Waals surface area contributed by atoms with Gasteiger partial charge in [0.1, 0.15) is 5.75 Å². The van der Waals surface area contributed by atoms with Crippen molar-refractivity contribution in [1.29, 1.82) is 0 Å². The Morgan fingerprint density at radius 2 is 1.69 bits per heavy atom. The number of anilines is 2. The van der Waals surface area contributed by atoms with Gasteiger partial charge < -0.3 is 24.8 Å². The van der Waals surface area contributed by atoms with Crippen LogP contribution in [0.25, 0.3) is 11.0 Å². The van der Waals surface area contributed by atoms with Crippen LogP contribution in [0.15, 0.2) is 78.0 Å². The summed E-state index contributed by atoms with van der Waals surface area (Å²) >= 11 is 0. The summed E-state index contributed by atoms with van der Waals surface area (Å²) in [5.74, 6) is 2.37. The molecule has 0 fully saturated rings. The summed E-state index contributed by atoms with van der Waals surface area (Å²) in [5.41, 5.74) is 4.58. The van der Waals surface area contributed by atoms with Crippen LogP contribution in [0.4, 0.5) is 11.6 Å². The molecule has 1 atom stereocenters. The minimum Gasteiger partial charge on any atom is -0.497 e. The molecule has 5 rings (SSSR count). The van der Waals surface area contributed by atoms with Crippen LogP contribution in [0.1, 0.15) is 18.5 Å². The second kappa shape index (κ2) is 9.06. The van der Waals surface area contributed by atoms with Gasteiger partial charge in [-0.1, -0.05) is 18.2 Å². The third-order valence-electron chi connectivity index (χ3n) is 6.15. The Labute approximate surface area is 203 Å². The number of allylic oxidation sites excluding steroid dienone is 1. The van der Waals surface area contributed by atoms with Crippen LogP contribution in [0.2, 0.25) is 0 Å². The molecule has 0 saturated heterocycles. The second-order valence-electron chi connectivity index (χ2n) is 8.16. The lowest BCUT2D eigenvalue weighted by Crippen LogP contribution is -2.31. The van der Waals surface area contributed by atoms with E-state index < -0.39 is 6.04 Å². The molecule has 4 aromatic rings. The summed E-state index contributed by atoms with van der Waals surface area (Å²) in [5, 5.41) is 6.36. The molecular weight excluding hydrogens is 444 g/mol. The second-order valence-corrected chi connectivity index (χ2v) is 8.16. The zero-order valence-corrected chi connectivity index (χ0v) is 20.0. The predicted molar refractivity (Wildman–Crippen MR) is 135 cm³/mol. The largest absolute Gasteiger partial charge is 0.497 e. The van der Waals surface area contributed by atoms with Gasteiger partial charge >= 0.3 is 0 Å². The zero-order valence-electron chi connectivity index (χ0n) is 20.0. The van der Waals surface area contributed by atoms with Gasteiger partial charge in [-0.2, -0.15) is 0 Å².